The Labute approximate surface area is 114 Å². The lowest BCUT2D eigenvalue weighted by Gasteiger charge is -2.21. The van der Waals surface area contributed by atoms with Gasteiger partial charge in [0, 0.05) is 12.6 Å². The first kappa shape index (κ1) is 14.3. The molecule has 2 N–H and O–H groups in total. The molecule has 1 aliphatic heterocycles. The maximum Gasteiger partial charge on any atom is 0.240 e. The van der Waals surface area contributed by atoms with Crippen LogP contribution in [-0.4, -0.2) is 44.1 Å². The second-order valence-corrected chi connectivity index (χ2v) is 6.74. The molecule has 1 aliphatic rings. The Balaban J connectivity index is 2.00. The van der Waals surface area contributed by atoms with Crippen LogP contribution in [0.1, 0.15) is 19.8 Å². The Hall–Kier alpha value is -1.11. The van der Waals surface area contributed by atoms with Gasteiger partial charge in [0.1, 0.15) is 5.75 Å². The lowest BCUT2D eigenvalue weighted by molar-refractivity contribution is 0.312. The lowest BCUT2D eigenvalue weighted by atomic mass is 10.3. The summed E-state index contributed by atoms with van der Waals surface area (Å²) in [7, 11) is -3.56. The molecule has 0 aromatic heterocycles. The molecule has 1 aromatic rings. The molecule has 1 fully saturated rings. The van der Waals surface area contributed by atoms with Gasteiger partial charge in [-0.1, -0.05) is 6.07 Å². The van der Waals surface area contributed by atoms with Crippen LogP contribution >= 0.6 is 0 Å². The predicted molar refractivity (Wildman–Crippen MR) is 73.6 cm³/mol. The number of likely N-dealkylation sites (tertiary alicyclic amines) is 1. The number of hydrogen-bond acceptors (Lipinski definition) is 4. The zero-order valence-electron chi connectivity index (χ0n) is 11.0. The molecular weight excluding hydrogens is 264 g/mol. The highest BCUT2D eigenvalue weighted by molar-refractivity contribution is 7.89. The Morgan fingerprint density at radius 2 is 2.05 bits per heavy atom. The quantitative estimate of drug-likeness (QED) is 0.851. The van der Waals surface area contributed by atoms with E-state index in [0.29, 0.717) is 0 Å². The van der Waals surface area contributed by atoms with Crippen molar-refractivity contribution in [2.45, 2.75) is 30.7 Å². The molecule has 0 saturated carbocycles. The van der Waals surface area contributed by atoms with E-state index in [4.69, 9.17) is 0 Å². The minimum Gasteiger partial charge on any atom is -0.508 e. The first-order valence-electron chi connectivity index (χ1n) is 6.51. The van der Waals surface area contributed by atoms with Gasteiger partial charge in [0.25, 0.3) is 0 Å². The molecule has 0 aliphatic carbocycles. The monoisotopic (exact) mass is 284 g/mol. The third kappa shape index (κ3) is 3.92. The van der Waals surface area contributed by atoms with E-state index in [-0.39, 0.29) is 16.7 Å². The van der Waals surface area contributed by atoms with Crippen molar-refractivity contribution in [3.8, 4) is 5.75 Å². The Morgan fingerprint density at radius 1 is 1.37 bits per heavy atom. The van der Waals surface area contributed by atoms with Gasteiger partial charge in [0.15, 0.2) is 0 Å². The number of phenols is 1. The Morgan fingerprint density at radius 3 is 2.68 bits per heavy atom. The molecule has 0 spiro atoms. The topological polar surface area (TPSA) is 69.6 Å². The molecule has 5 nitrogen and oxygen atoms in total. The fraction of sp³-hybridized carbons (Fsp3) is 0.538. The summed E-state index contributed by atoms with van der Waals surface area (Å²) in [6.07, 6.45) is 2.37. The maximum absolute atomic E-state index is 12.1. The summed E-state index contributed by atoms with van der Waals surface area (Å²) in [5.74, 6) is -0.0462. The minimum atomic E-state index is -3.56. The van der Waals surface area contributed by atoms with Gasteiger partial charge in [-0.25, -0.2) is 13.1 Å². The van der Waals surface area contributed by atoms with Crippen LogP contribution in [0.25, 0.3) is 0 Å². The average molecular weight is 284 g/mol. The molecule has 1 atom stereocenters. The lowest BCUT2D eigenvalue weighted by Crippen LogP contribution is -2.40. The van der Waals surface area contributed by atoms with Crippen LogP contribution in [-0.2, 0) is 10.0 Å². The highest BCUT2D eigenvalue weighted by Gasteiger charge is 2.20. The number of aromatic hydroxyl groups is 1. The Bertz CT molecular complexity index is 524. The summed E-state index contributed by atoms with van der Waals surface area (Å²) in [4.78, 5) is 2.36. The molecule has 2 rings (SSSR count). The molecule has 0 amide bonds. The van der Waals surface area contributed by atoms with E-state index in [1.807, 2.05) is 6.92 Å². The number of rotatable bonds is 5. The van der Waals surface area contributed by atoms with Crippen LogP contribution in [0.5, 0.6) is 5.75 Å². The van der Waals surface area contributed by atoms with Crippen LogP contribution < -0.4 is 4.72 Å². The van der Waals surface area contributed by atoms with Crippen LogP contribution in [0.2, 0.25) is 0 Å². The van der Waals surface area contributed by atoms with Crippen LogP contribution in [0.4, 0.5) is 0 Å². The van der Waals surface area contributed by atoms with Gasteiger partial charge in [-0.2, -0.15) is 0 Å². The summed E-state index contributed by atoms with van der Waals surface area (Å²) in [5.41, 5.74) is 0. The van der Waals surface area contributed by atoms with Crippen molar-refractivity contribution in [2.75, 3.05) is 19.6 Å². The molecule has 0 bridgehead atoms. The van der Waals surface area contributed by atoms with E-state index in [1.165, 1.54) is 37.1 Å². The van der Waals surface area contributed by atoms with Crippen molar-refractivity contribution in [2.24, 2.45) is 0 Å². The van der Waals surface area contributed by atoms with Crippen molar-refractivity contribution in [3.63, 3.8) is 0 Å². The van der Waals surface area contributed by atoms with Crippen molar-refractivity contribution < 1.29 is 13.5 Å². The number of hydrogen-bond donors (Lipinski definition) is 2. The van der Waals surface area contributed by atoms with Gasteiger partial charge in [-0.3, -0.25) is 0 Å². The fourth-order valence-electron chi connectivity index (χ4n) is 2.37. The van der Waals surface area contributed by atoms with E-state index in [0.717, 1.165) is 19.6 Å². The molecule has 1 unspecified atom stereocenters. The van der Waals surface area contributed by atoms with E-state index < -0.39 is 10.0 Å². The zero-order valence-corrected chi connectivity index (χ0v) is 11.9. The SMILES string of the molecule is CC(CN1CCCC1)NS(=O)(=O)c1cccc(O)c1. The fourth-order valence-corrected chi connectivity index (χ4v) is 3.65. The summed E-state index contributed by atoms with van der Waals surface area (Å²) < 4.78 is 26.9. The largest absolute Gasteiger partial charge is 0.508 e. The van der Waals surface area contributed by atoms with Gasteiger partial charge in [0.05, 0.1) is 4.90 Å². The molecule has 1 aromatic carbocycles. The van der Waals surface area contributed by atoms with Crippen molar-refractivity contribution in [1.29, 1.82) is 0 Å². The number of benzene rings is 1. The summed E-state index contributed by atoms with van der Waals surface area (Å²) >= 11 is 0. The minimum absolute atomic E-state index is 0.0462. The second-order valence-electron chi connectivity index (χ2n) is 5.03. The van der Waals surface area contributed by atoms with Crippen LogP contribution in [0.3, 0.4) is 0 Å². The van der Waals surface area contributed by atoms with Crippen LogP contribution in [0.15, 0.2) is 29.2 Å². The van der Waals surface area contributed by atoms with Crippen LogP contribution in [0, 0.1) is 0 Å². The molecule has 0 radical (unpaired) electrons. The van der Waals surface area contributed by atoms with Crippen molar-refractivity contribution in [1.82, 2.24) is 9.62 Å². The van der Waals surface area contributed by atoms with E-state index in [2.05, 4.69) is 9.62 Å². The second kappa shape index (κ2) is 5.90. The average Bonchev–Trinajstić information content (AvgIpc) is 2.81. The van der Waals surface area contributed by atoms with Crippen molar-refractivity contribution >= 4 is 10.0 Å². The third-order valence-corrected chi connectivity index (χ3v) is 4.80. The van der Waals surface area contributed by atoms with Gasteiger partial charge in [-0.15, -0.1) is 0 Å². The number of phenolic OH excluding ortho intramolecular Hbond substituents is 1. The highest BCUT2D eigenvalue weighted by atomic mass is 32.2. The van der Waals surface area contributed by atoms with Gasteiger partial charge in [-0.05, 0) is 51.1 Å². The third-order valence-electron chi connectivity index (χ3n) is 3.21. The smallest absolute Gasteiger partial charge is 0.240 e. The molecule has 6 heteroatoms. The summed E-state index contributed by atoms with van der Waals surface area (Å²) in [5, 5.41) is 9.34. The number of nitrogens with zero attached hydrogens (tertiary/aromatic N) is 1. The Kier molecular flexibility index (Phi) is 4.44. The summed E-state index contributed by atoms with van der Waals surface area (Å²) in [6.45, 7) is 4.66. The van der Waals surface area contributed by atoms with E-state index in [9.17, 15) is 13.5 Å². The normalized spacial score (nSPS) is 18.6. The number of sulfonamides is 1. The first-order valence-corrected chi connectivity index (χ1v) is 7.99. The molecule has 19 heavy (non-hydrogen) atoms. The molecule has 1 heterocycles. The highest BCUT2D eigenvalue weighted by Crippen LogP contribution is 2.16. The first-order chi connectivity index (χ1) is 8.97. The van der Waals surface area contributed by atoms with Gasteiger partial charge in [0.2, 0.25) is 10.0 Å². The van der Waals surface area contributed by atoms with E-state index >= 15 is 0 Å². The van der Waals surface area contributed by atoms with Crippen molar-refractivity contribution in [3.05, 3.63) is 24.3 Å². The summed E-state index contributed by atoms with van der Waals surface area (Å²) in [6, 6.07) is 5.56. The zero-order chi connectivity index (χ0) is 13.9. The van der Waals surface area contributed by atoms with E-state index in [1.54, 1.807) is 0 Å². The number of nitrogens with one attached hydrogen (secondary N) is 1. The van der Waals surface area contributed by atoms with Gasteiger partial charge >= 0.3 is 0 Å². The standard InChI is InChI=1S/C13H20N2O3S/c1-11(10-15-7-2-3-8-15)14-19(17,18)13-6-4-5-12(16)9-13/h4-6,9,11,14,16H,2-3,7-8,10H2,1H3. The molecule has 106 valence electrons. The predicted octanol–water partition coefficient (Wildman–Crippen LogP) is 1.15. The molecule has 1 saturated heterocycles. The molecular formula is C13H20N2O3S. The maximum atomic E-state index is 12.1. The van der Waals surface area contributed by atoms with Gasteiger partial charge < -0.3 is 10.0 Å².